The molecule has 0 unspecified atom stereocenters. The van der Waals surface area contributed by atoms with Crippen LogP contribution < -0.4 is 0 Å². The van der Waals surface area contributed by atoms with E-state index >= 15 is 0 Å². The van der Waals surface area contributed by atoms with Gasteiger partial charge < -0.3 is 10.1 Å². The molecule has 104 valence electrons. The molecule has 2 aromatic rings. The van der Waals surface area contributed by atoms with E-state index in [0.29, 0.717) is 17.3 Å². The van der Waals surface area contributed by atoms with E-state index in [1.807, 2.05) is 19.9 Å². The molecule has 3 rings (SSSR count). The summed E-state index contributed by atoms with van der Waals surface area (Å²) in [6.07, 6.45) is 3.55. The van der Waals surface area contributed by atoms with Crippen LogP contribution in [0.3, 0.4) is 0 Å². The zero-order valence-corrected chi connectivity index (χ0v) is 11.6. The summed E-state index contributed by atoms with van der Waals surface area (Å²) >= 11 is 0. The molecule has 0 saturated heterocycles. The van der Waals surface area contributed by atoms with Crippen molar-refractivity contribution in [3.8, 4) is 11.4 Å². The van der Waals surface area contributed by atoms with Crippen LogP contribution in [-0.4, -0.2) is 26.3 Å². The molecule has 20 heavy (non-hydrogen) atoms. The van der Waals surface area contributed by atoms with Crippen molar-refractivity contribution in [1.82, 2.24) is 15.2 Å². The lowest BCUT2D eigenvalue weighted by atomic mass is 9.77. The van der Waals surface area contributed by atoms with E-state index in [9.17, 15) is 9.90 Å². The summed E-state index contributed by atoms with van der Waals surface area (Å²) in [6, 6.07) is 3.73. The monoisotopic (exact) mass is 271 g/mol. The van der Waals surface area contributed by atoms with Crippen LogP contribution in [0.15, 0.2) is 12.1 Å². The van der Waals surface area contributed by atoms with Crippen molar-refractivity contribution in [1.29, 1.82) is 0 Å². The van der Waals surface area contributed by atoms with Gasteiger partial charge in [0.1, 0.15) is 5.82 Å². The largest absolute Gasteiger partial charge is 0.478 e. The van der Waals surface area contributed by atoms with Gasteiger partial charge in [-0.25, -0.2) is 4.79 Å². The Labute approximate surface area is 117 Å². The van der Waals surface area contributed by atoms with E-state index in [2.05, 4.69) is 15.2 Å². The van der Waals surface area contributed by atoms with Gasteiger partial charge in [-0.1, -0.05) is 12.5 Å². The number of rotatable bonds is 3. The highest BCUT2D eigenvalue weighted by molar-refractivity contribution is 5.91. The number of nitrogens with zero attached hydrogens (tertiary/aromatic N) is 2. The highest BCUT2D eigenvalue weighted by Gasteiger charge is 2.25. The number of aromatic nitrogens is 3. The van der Waals surface area contributed by atoms with Gasteiger partial charge in [0.2, 0.25) is 0 Å². The number of carboxylic acids is 1. The van der Waals surface area contributed by atoms with E-state index in [1.54, 1.807) is 6.07 Å². The van der Waals surface area contributed by atoms with E-state index < -0.39 is 5.97 Å². The fourth-order valence-corrected chi connectivity index (χ4v) is 2.69. The average molecular weight is 271 g/mol. The van der Waals surface area contributed by atoms with Crippen molar-refractivity contribution < 1.29 is 9.90 Å². The fourth-order valence-electron chi connectivity index (χ4n) is 2.69. The third kappa shape index (κ3) is 2.09. The van der Waals surface area contributed by atoms with Gasteiger partial charge in [-0.2, -0.15) is 0 Å². The number of benzene rings is 1. The average Bonchev–Trinajstić information content (AvgIpc) is 2.73. The third-order valence-corrected chi connectivity index (χ3v) is 4.03. The summed E-state index contributed by atoms with van der Waals surface area (Å²) in [5, 5.41) is 17.4. The van der Waals surface area contributed by atoms with Crippen LogP contribution in [0.25, 0.3) is 11.4 Å². The molecule has 5 heteroatoms. The first kappa shape index (κ1) is 12.8. The lowest BCUT2D eigenvalue weighted by Gasteiger charge is -2.28. The predicted molar refractivity (Wildman–Crippen MR) is 74.8 cm³/mol. The summed E-state index contributed by atoms with van der Waals surface area (Å²) in [5.74, 6) is 1.00. The minimum absolute atomic E-state index is 0.331. The zero-order chi connectivity index (χ0) is 14.3. The molecule has 0 amide bonds. The van der Waals surface area contributed by atoms with Gasteiger partial charge in [-0.05, 0) is 49.8 Å². The molecule has 1 aliphatic carbocycles. The van der Waals surface area contributed by atoms with Crippen molar-refractivity contribution in [2.75, 3.05) is 0 Å². The molecule has 1 aliphatic rings. The lowest BCUT2D eigenvalue weighted by molar-refractivity contribution is 0.0696. The Morgan fingerprint density at radius 1 is 1.30 bits per heavy atom. The van der Waals surface area contributed by atoms with Gasteiger partial charge in [0, 0.05) is 5.56 Å². The van der Waals surface area contributed by atoms with Crippen molar-refractivity contribution >= 4 is 5.97 Å². The molecule has 0 aliphatic heterocycles. The van der Waals surface area contributed by atoms with Gasteiger partial charge in [-0.15, -0.1) is 10.2 Å². The van der Waals surface area contributed by atoms with Crippen LogP contribution in [0.1, 0.15) is 52.5 Å². The Bertz CT molecular complexity index is 672. The molecule has 5 nitrogen and oxygen atoms in total. The SMILES string of the molecule is Cc1nnc(-c2cc(C(=O)O)c(C)cc2C2CCC2)[nH]1. The van der Waals surface area contributed by atoms with E-state index in [1.165, 1.54) is 12.0 Å². The highest BCUT2D eigenvalue weighted by Crippen LogP contribution is 2.41. The summed E-state index contributed by atoms with van der Waals surface area (Å²) in [7, 11) is 0. The van der Waals surface area contributed by atoms with Crippen LogP contribution >= 0.6 is 0 Å². The number of hydrogen-bond donors (Lipinski definition) is 2. The predicted octanol–water partition coefficient (Wildman–Crippen LogP) is 3.05. The Morgan fingerprint density at radius 3 is 2.55 bits per heavy atom. The number of aryl methyl sites for hydroxylation is 2. The molecule has 1 heterocycles. The first-order chi connectivity index (χ1) is 9.56. The molecule has 0 radical (unpaired) electrons. The number of carboxylic acid groups (broad SMARTS) is 1. The first-order valence-electron chi connectivity index (χ1n) is 6.83. The number of hydrogen-bond acceptors (Lipinski definition) is 3. The highest BCUT2D eigenvalue weighted by atomic mass is 16.4. The third-order valence-electron chi connectivity index (χ3n) is 4.03. The maximum atomic E-state index is 11.3. The number of aromatic carboxylic acids is 1. The quantitative estimate of drug-likeness (QED) is 0.899. The minimum atomic E-state index is -0.903. The van der Waals surface area contributed by atoms with Gasteiger partial charge in [0.05, 0.1) is 5.56 Å². The Kier molecular flexibility index (Phi) is 3.04. The molecule has 1 aromatic carbocycles. The molecular formula is C15H17N3O2. The Morgan fingerprint density at radius 2 is 2.05 bits per heavy atom. The maximum absolute atomic E-state index is 11.3. The van der Waals surface area contributed by atoms with Gasteiger partial charge in [0.15, 0.2) is 5.82 Å². The van der Waals surface area contributed by atoms with E-state index in [4.69, 9.17) is 0 Å². The number of carbonyl (C=O) groups is 1. The van der Waals surface area contributed by atoms with Crippen LogP contribution in [0.5, 0.6) is 0 Å². The molecule has 0 atom stereocenters. The smallest absolute Gasteiger partial charge is 0.335 e. The number of nitrogens with one attached hydrogen (secondary N) is 1. The molecule has 1 saturated carbocycles. The van der Waals surface area contributed by atoms with Crippen LogP contribution in [0.4, 0.5) is 0 Å². The number of aromatic amines is 1. The van der Waals surface area contributed by atoms with E-state index in [0.717, 1.165) is 29.8 Å². The van der Waals surface area contributed by atoms with Gasteiger partial charge in [0.25, 0.3) is 0 Å². The second kappa shape index (κ2) is 4.74. The minimum Gasteiger partial charge on any atom is -0.478 e. The topological polar surface area (TPSA) is 78.9 Å². The molecule has 0 bridgehead atoms. The van der Waals surface area contributed by atoms with Crippen molar-refractivity contribution in [3.63, 3.8) is 0 Å². The Balaban J connectivity index is 2.17. The van der Waals surface area contributed by atoms with E-state index in [-0.39, 0.29) is 0 Å². The molecule has 1 aromatic heterocycles. The normalized spacial score (nSPS) is 15.1. The second-order valence-corrected chi connectivity index (χ2v) is 5.45. The summed E-state index contributed by atoms with van der Waals surface area (Å²) < 4.78 is 0. The van der Waals surface area contributed by atoms with Crippen LogP contribution in [-0.2, 0) is 0 Å². The second-order valence-electron chi connectivity index (χ2n) is 5.45. The van der Waals surface area contributed by atoms with Gasteiger partial charge in [-0.3, -0.25) is 0 Å². The van der Waals surface area contributed by atoms with Crippen LogP contribution in [0.2, 0.25) is 0 Å². The summed E-state index contributed by atoms with van der Waals surface area (Å²) in [6.45, 7) is 3.69. The van der Waals surface area contributed by atoms with Crippen molar-refractivity contribution in [3.05, 3.63) is 34.6 Å². The Hall–Kier alpha value is -2.17. The first-order valence-corrected chi connectivity index (χ1v) is 6.83. The molecule has 0 spiro atoms. The molecular weight excluding hydrogens is 254 g/mol. The van der Waals surface area contributed by atoms with Crippen molar-refractivity contribution in [2.24, 2.45) is 0 Å². The molecule has 2 N–H and O–H groups in total. The summed E-state index contributed by atoms with van der Waals surface area (Å²) in [5.41, 5.74) is 3.20. The standard InChI is InChI=1S/C15H17N3O2/c1-8-6-12(10-4-3-5-10)13(7-11(8)15(19)20)14-16-9(2)17-18-14/h6-7,10H,3-5H2,1-2H3,(H,19,20)(H,16,17,18). The van der Waals surface area contributed by atoms with Gasteiger partial charge >= 0.3 is 5.97 Å². The van der Waals surface area contributed by atoms with Crippen LogP contribution in [0, 0.1) is 13.8 Å². The van der Waals surface area contributed by atoms with Crippen molar-refractivity contribution in [2.45, 2.75) is 39.0 Å². The molecule has 1 fully saturated rings. The summed E-state index contributed by atoms with van der Waals surface area (Å²) in [4.78, 5) is 14.4. The maximum Gasteiger partial charge on any atom is 0.335 e. The number of H-pyrrole nitrogens is 1. The fraction of sp³-hybridized carbons (Fsp3) is 0.400. The lowest BCUT2D eigenvalue weighted by Crippen LogP contribution is -2.12. The zero-order valence-electron chi connectivity index (χ0n) is 11.6.